The SMILES string of the molecule is Cn1cc(Br)cc1C(=O)NNC(=O)c1cc(Cl)c(Cl)n1C. The van der Waals surface area contributed by atoms with Gasteiger partial charge in [0, 0.05) is 24.8 Å². The summed E-state index contributed by atoms with van der Waals surface area (Å²) >= 11 is 15.0. The number of nitrogens with one attached hydrogen (secondary N) is 2. The highest BCUT2D eigenvalue weighted by Crippen LogP contribution is 2.24. The molecule has 6 nitrogen and oxygen atoms in total. The van der Waals surface area contributed by atoms with Crippen LogP contribution in [-0.2, 0) is 14.1 Å². The third kappa shape index (κ3) is 3.25. The molecule has 2 aromatic heterocycles. The van der Waals surface area contributed by atoms with Crippen molar-refractivity contribution in [1.82, 2.24) is 20.0 Å². The number of amides is 2. The Labute approximate surface area is 139 Å². The fourth-order valence-corrected chi connectivity index (χ4v) is 2.65. The summed E-state index contributed by atoms with van der Waals surface area (Å²) in [4.78, 5) is 23.9. The maximum atomic E-state index is 12.0. The van der Waals surface area contributed by atoms with Gasteiger partial charge in [-0.1, -0.05) is 23.2 Å². The monoisotopic (exact) mass is 392 g/mol. The van der Waals surface area contributed by atoms with Gasteiger partial charge >= 0.3 is 0 Å². The Bertz CT molecular complexity index is 723. The van der Waals surface area contributed by atoms with Gasteiger partial charge in [-0.3, -0.25) is 20.4 Å². The maximum absolute atomic E-state index is 12.0. The van der Waals surface area contributed by atoms with Crippen molar-refractivity contribution >= 4 is 50.9 Å². The van der Waals surface area contributed by atoms with Crippen molar-refractivity contribution in [3.8, 4) is 0 Å². The maximum Gasteiger partial charge on any atom is 0.286 e. The molecule has 0 atom stereocenters. The molecule has 0 saturated carbocycles. The summed E-state index contributed by atoms with van der Waals surface area (Å²) in [5.41, 5.74) is 5.27. The lowest BCUT2D eigenvalue weighted by atomic mass is 10.4. The van der Waals surface area contributed by atoms with Gasteiger partial charge in [0.05, 0.1) is 5.02 Å². The Kier molecular flexibility index (Phi) is 4.65. The highest BCUT2D eigenvalue weighted by atomic mass is 79.9. The second kappa shape index (κ2) is 6.13. The van der Waals surface area contributed by atoms with Gasteiger partial charge in [0.15, 0.2) is 0 Å². The zero-order valence-corrected chi connectivity index (χ0v) is 14.2. The zero-order valence-electron chi connectivity index (χ0n) is 11.1. The molecule has 0 aromatic carbocycles. The number of carbonyl (C=O) groups is 2. The van der Waals surface area contributed by atoms with Crippen molar-refractivity contribution in [2.45, 2.75) is 0 Å². The first-order valence-corrected chi connectivity index (χ1v) is 7.29. The molecule has 0 saturated heterocycles. The predicted molar refractivity (Wildman–Crippen MR) is 83.5 cm³/mol. The molecule has 0 fully saturated rings. The van der Waals surface area contributed by atoms with Crippen LogP contribution in [0.25, 0.3) is 0 Å². The minimum atomic E-state index is -0.520. The average molecular weight is 394 g/mol. The van der Waals surface area contributed by atoms with Crippen LogP contribution in [-0.4, -0.2) is 20.9 Å². The highest BCUT2D eigenvalue weighted by molar-refractivity contribution is 9.10. The van der Waals surface area contributed by atoms with Crippen molar-refractivity contribution < 1.29 is 9.59 Å². The van der Waals surface area contributed by atoms with Crippen LogP contribution in [0.15, 0.2) is 22.8 Å². The second-order valence-corrected chi connectivity index (χ2v) is 5.97. The first-order chi connectivity index (χ1) is 9.81. The Morgan fingerprint density at radius 1 is 1.10 bits per heavy atom. The minimum absolute atomic E-state index is 0.235. The van der Waals surface area contributed by atoms with Crippen molar-refractivity contribution in [2.75, 3.05) is 0 Å². The van der Waals surface area contributed by atoms with Gasteiger partial charge in [-0.25, -0.2) is 0 Å². The van der Waals surface area contributed by atoms with E-state index in [4.69, 9.17) is 23.2 Å². The topological polar surface area (TPSA) is 68.1 Å². The van der Waals surface area contributed by atoms with Crippen LogP contribution in [0.3, 0.4) is 0 Å². The fourth-order valence-electron chi connectivity index (χ4n) is 1.75. The number of hydrazine groups is 1. The molecular formula is C12H11BrCl2N4O2. The normalized spacial score (nSPS) is 10.5. The van der Waals surface area contributed by atoms with Gasteiger partial charge in [-0.2, -0.15) is 0 Å². The standard InChI is InChI=1S/C12H11BrCl2N4O2/c1-18-5-6(13)3-8(18)11(20)16-17-12(21)9-4-7(14)10(15)19(9)2/h3-5H,1-2H3,(H,16,20)(H,17,21). The van der Waals surface area contributed by atoms with Crippen LogP contribution in [0.4, 0.5) is 0 Å². The Balaban J connectivity index is 2.06. The Hall–Kier alpha value is -1.44. The summed E-state index contributed by atoms with van der Waals surface area (Å²) in [6, 6.07) is 3.06. The highest BCUT2D eigenvalue weighted by Gasteiger charge is 2.17. The van der Waals surface area contributed by atoms with Crippen LogP contribution >= 0.6 is 39.1 Å². The Morgan fingerprint density at radius 2 is 1.67 bits per heavy atom. The van der Waals surface area contributed by atoms with Crippen LogP contribution in [0.1, 0.15) is 21.0 Å². The second-order valence-electron chi connectivity index (χ2n) is 4.29. The van der Waals surface area contributed by atoms with Gasteiger partial charge < -0.3 is 9.13 Å². The molecule has 2 rings (SSSR count). The lowest BCUT2D eigenvalue weighted by molar-refractivity contribution is 0.0837. The van der Waals surface area contributed by atoms with Crippen molar-refractivity contribution in [3.05, 3.63) is 44.4 Å². The van der Waals surface area contributed by atoms with Crippen LogP contribution in [0, 0.1) is 0 Å². The average Bonchev–Trinajstić information content (AvgIpc) is 2.90. The molecule has 112 valence electrons. The molecule has 0 aliphatic carbocycles. The molecule has 2 aromatic rings. The van der Waals surface area contributed by atoms with E-state index in [1.54, 1.807) is 30.9 Å². The molecular weight excluding hydrogens is 383 g/mol. The van der Waals surface area contributed by atoms with Crippen LogP contribution in [0.5, 0.6) is 0 Å². The molecule has 9 heteroatoms. The summed E-state index contributed by atoms with van der Waals surface area (Å²) in [6.45, 7) is 0. The first kappa shape index (κ1) is 15.9. The molecule has 2 heterocycles. The van der Waals surface area contributed by atoms with E-state index < -0.39 is 11.8 Å². The lowest BCUT2D eigenvalue weighted by Crippen LogP contribution is -2.42. The number of hydrogen-bond acceptors (Lipinski definition) is 2. The molecule has 2 amide bonds. The molecule has 0 unspecified atom stereocenters. The number of aromatic nitrogens is 2. The number of carbonyl (C=O) groups excluding carboxylic acids is 2. The number of aryl methyl sites for hydroxylation is 1. The van der Waals surface area contributed by atoms with Gasteiger partial charge in [0.1, 0.15) is 16.5 Å². The number of hydrogen-bond donors (Lipinski definition) is 2. The molecule has 0 bridgehead atoms. The van der Waals surface area contributed by atoms with Crippen molar-refractivity contribution in [3.63, 3.8) is 0 Å². The van der Waals surface area contributed by atoms with Gasteiger partial charge in [0.25, 0.3) is 11.8 Å². The lowest BCUT2D eigenvalue weighted by Gasteiger charge is -2.08. The van der Waals surface area contributed by atoms with E-state index in [1.807, 2.05) is 0 Å². The van der Waals surface area contributed by atoms with E-state index in [-0.39, 0.29) is 15.9 Å². The van der Waals surface area contributed by atoms with E-state index >= 15 is 0 Å². The summed E-state index contributed by atoms with van der Waals surface area (Å²) in [5.74, 6) is -0.962. The van der Waals surface area contributed by atoms with E-state index in [2.05, 4.69) is 26.8 Å². The van der Waals surface area contributed by atoms with Gasteiger partial charge in [0.2, 0.25) is 0 Å². The van der Waals surface area contributed by atoms with Crippen LogP contribution in [0.2, 0.25) is 10.2 Å². The molecule has 2 N–H and O–H groups in total. The number of nitrogens with zero attached hydrogens (tertiary/aromatic N) is 2. The third-order valence-electron chi connectivity index (χ3n) is 2.84. The quantitative estimate of drug-likeness (QED) is 0.769. The summed E-state index contributed by atoms with van der Waals surface area (Å²) in [5, 5.41) is 0.515. The van der Waals surface area contributed by atoms with E-state index in [0.717, 1.165) is 4.47 Å². The van der Waals surface area contributed by atoms with Gasteiger partial charge in [-0.05, 0) is 28.1 Å². The first-order valence-electron chi connectivity index (χ1n) is 5.74. The molecule has 0 radical (unpaired) electrons. The third-order valence-corrected chi connectivity index (χ3v) is 4.12. The Morgan fingerprint density at radius 3 is 2.10 bits per heavy atom. The molecule has 21 heavy (non-hydrogen) atoms. The molecule has 0 spiro atoms. The van der Waals surface area contributed by atoms with Crippen molar-refractivity contribution in [2.24, 2.45) is 14.1 Å². The summed E-state index contributed by atoms with van der Waals surface area (Å²) in [6.07, 6.45) is 1.73. The van der Waals surface area contributed by atoms with E-state index in [9.17, 15) is 9.59 Å². The smallest absolute Gasteiger partial charge is 0.286 e. The van der Waals surface area contributed by atoms with Crippen molar-refractivity contribution in [1.29, 1.82) is 0 Å². The molecule has 0 aliphatic heterocycles. The van der Waals surface area contributed by atoms with E-state index in [1.165, 1.54) is 10.6 Å². The largest absolute Gasteiger partial charge is 0.345 e. The minimum Gasteiger partial charge on any atom is -0.345 e. The summed E-state index contributed by atoms with van der Waals surface area (Å²) < 4.78 is 3.81. The predicted octanol–water partition coefficient (Wildman–Crippen LogP) is 2.51. The van der Waals surface area contributed by atoms with Crippen LogP contribution < -0.4 is 10.9 Å². The molecule has 0 aliphatic rings. The van der Waals surface area contributed by atoms with E-state index in [0.29, 0.717) is 5.69 Å². The number of rotatable bonds is 2. The fraction of sp³-hybridized carbons (Fsp3) is 0.167. The van der Waals surface area contributed by atoms with Gasteiger partial charge in [-0.15, -0.1) is 0 Å². The zero-order chi connectivity index (χ0) is 15.7. The number of halogens is 3. The summed E-state index contributed by atoms with van der Waals surface area (Å²) in [7, 11) is 3.32.